The lowest BCUT2D eigenvalue weighted by molar-refractivity contribution is 0.713. The molecule has 2 N–H and O–H groups in total. The number of hydrogen-bond acceptors (Lipinski definition) is 3. The van der Waals surface area contributed by atoms with Crippen molar-refractivity contribution in [3.8, 4) is 0 Å². The zero-order chi connectivity index (χ0) is 10.0. The fourth-order valence-corrected chi connectivity index (χ4v) is 1.34. The molecule has 0 amide bonds. The van der Waals surface area contributed by atoms with E-state index in [1.165, 1.54) is 6.21 Å². The van der Waals surface area contributed by atoms with E-state index >= 15 is 0 Å². The molecule has 1 heterocycles. The Morgan fingerprint density at radius 3 is 2.69 bits per heavy atom. The van der Waals surface area contributed by atoms with Crippen LogP contribution in [0, 0.1) is 0 Å². The van der Waals surface area contributed by atoms with Gasteiger partial charge in [0.2, 0.25) is 0 Å². The van der Waals surface area contributed by atoms with Gasteiger partial charge in [-0.1, -0.05) is 25.4 Å². The van der Waals surface area contributed by atoms with E-state index in [1.807, 2.05) is 13.8 Å². The molecular formula is C8H13ClN4. The van der Waals surface area contributed by atoms with E-state index in [9.17, 15) is 0 Å². The number of aromatic nitrogens is 2. The van der Waals surface area contributed by atoms with Crippen LogP contribution in [-0.4, -0.2) is 16.0 Å². The molecule has 0 unspecified atom stereocenters. The molecule has 0 aliphatic carbocycles. The topological polar surface area (TPSA) is 56.2 Å². The van der Waals surface area contributed by atoms with Gasteiger partial charge in [-0.2, -0.15) is 10.2 Å². The average Bonchev–Trinajstić information content (AvgIpc) is 2.33. The van der Waals surface area contributed by atoms with Gasteiger partial charge in [-0.05, 0) is 5.92 Å². The van der Waals surface area contributed by atoms with Gasteiger partial charge in [0.1, 0.15) is 5.15 Å². The Hall–Kier alpha value is -1.03. The summed E-state index contributed by atoms with van der Waals surface area (Å²) in [6, 6.07) is 0. The monoisotopic (exact) mass is 200 g/mol. The Labute approximate surface area is 82.4 Å². The van der Waals surface area contributed by atoms with Gasteiger partial charge in [0, 0.05) is 7.05 Å². The lowest BCUT2D eigenvalue weighted by Gasteiger charge is -1.99. The van der Waals surface area contributed by atoms with Crippen LogP contribution in [0.25, 0.3) is 0 Å². The number of hydrazone groups is 1. The van der Waals surface area contributed by atoms with E-state index in [2.05, 4.69) is 10.2 Å². The van der Waals surface area contributed by atoms with Crippen LogP contribution in [-0.2, 0) is 7.05 Å². The van der Waals surface area contributed by atoms with E-state index < -0.39 is 0 Å². The number of hydrogen-bond donors (Lipinski definition) is 1. The SMILES string of the molecule is CC(C)c1nn(C)c(Cl)c1/C=N/N. The molecule has 0 aliphatic rings. The maximum atomic E-state index is 5.99. The third-order valence-corrected chi connectivity index (χ3v) is 2.24. The lowest BCUT2D eigenvalue weighted by atomic mass is 10.1. The Morgan fingerprint density at radius 2 is 2.23 bits per heavy atom. The maximum absolute atomic E-state index is 5.99. The number of rotatable bonds is 2. The molecule has 1 rings (SSSR count). The Bertz CT molecular complexity index is 327. The largest absolute Gasteiger partial charge is 0.323 e. The molecule has 1 aromatic heterocycles. The van der Waals surface area contributed by atoms with Gasteiger partial charge in [0.25, 0.3) is 0 Å². The molecule has 5 heteroatoms. The minimum absolute atomic E-state index is 0.312. The van der Waals surface area contributed by atoms with Crippen LogP contribution in [0.1, 0.15) is 31.0 Å². The first-order valence-corrected chi connectivity index (χ1v) is 4.41. The highest BCUT2D eigenvalue weighted by molar-refractivity contribution is 6.32. The van der Waals surface area contributed by atoms with Crippen LogP contribution in [0.2, 0.25) is 5.15 Å². The second kappa shape index (κ2) is 3.79. The summed E-state index contributed by atoms with van der Waals surface area (Å²) in [6.45, 7) is 4.10. The molecule has 4 nitrogen and oxygen atoms in total. The van der Waals surface area contributed by atoms with E-state index in [1.54, 1.807) is 11.7 Å². The third-order valence-electron chi connectivity index (χ3n) is 1.79. The Morgan fingerprint density at radius 1 is 1.62 bits per heavy atom. The molecule has 13 heavy (non-hydrogen) atoms. The minimum Gasteiger partial charge on any atom is -0.323 e. The van der Waals surface area contributed by atoms with Crippen molar-refractivity contribution in [2.24, 2.45) is 18.0 Å². The van der Waals surface area contributed by atoms with Crippen LogP contribution >= 0.6 is 11.6 Å². The molecule has 0 atom stereocenters. The van der Waals surface area contributed by atoms with Crippen molar-refractivity contribution < 1.29 is 0 Å². The van der Waals surface area contributed by atoms with Crippen LogP contribution < -0.4 is 5.84 Å². The zero-order valence-electron chi connectivity index (χ0n) is 7.95. The number of halogens is 1. The second-order valence-corrected chi connectivity index (χ2v) is 3.50. The minimum atomic E-state index is 0.312. The first-order chi connectivity index (χ1) is 6.07. The quantitative estimate of drug-likeness (QED) is 0.447. The van der Waals surface area contributed by atoms with Gasteiger partial charge in [0.15, 0.2) is 0 Å². The Kier molecular flexibility index (Phi) is 2.93. The first kappa shape index (κ1) is 10.1. The summed E-state index contributed by atoms with van der Waals surface area (Å²) < 4.78 is 1.62. The summed E-state index contributed by atoms with van der Waals surface area (Å²) in [6.07, 6.45) is 1.53. The van der Waals surface area contributed by atoms with Crippen molar-refractivity contribution in [1.29, 1.82) is 0 Å². The van der Waals surface area contributed by atoms with Crippen LogP contribution in [0.15, 0.2) is 5.10 Å². The summed E-state index contributed by atoms with van der Waals surface area (Å²) in [4.78, 5) is 0. The zero-order valence-corrected chi connectivity index (χ0v) is 8.71. The molecule has 0 saturated heterocycles. The van der Waals surface area contributed by atoms with Crippen molar-refractivity contribution >= 4 is 17.8 Å². The molecule has 0 aliphatic heterocycles. The molecule has 0 radical (unpaired) electrons. The highest BCUT2D eigenvalue weighted by atomic mass is 35.5. The molecule has 0 spiro atoms. The van der Waals surface area contributed by atoms with Crippen molar-refractivity contribution in [2.45, 2.75) is 19.8 Å². The van der Waals surface area contributed by atoms with Gasteiger partial charge in [-0.3, -0.25) is 4.68 Å². The van der Waals surface area contributed by atoms with Crippen molar-refractivity contribution in [2.75, 3.05) is 0 Å². The van der Waals surface area contributed by atoms with Gasteiger partial charge >= 0.3 is 0 Å². The van der Waals surface area contributed by atoms with Gasteiger partial charge in [-0.15, -0.1) is 0 Å². The third kappa shape index (κ3) is 1.83. The highest BCUT2D eigenvalue weighted by Gasteiger charge is 2.14. The van der Waals surface area contributed by atoms with Crippen molar-refractivity contribution in [1.82, 2.24) is 9.78 Å². The Balaban J connectivity index is 3.26. The van der Waals surface area contributed by atoms with E-state index in [-0.39, 0.29) is 0 Å². The molecule has 0 bridgehead atoms. The van der Waals surface area contributed by atoms with Gasteiger partial charge in [-0.25, -0.2) is 0 Å². The first-order valence-electron chi connectivity index (χ1n) is 4.03. The molecule has 0 saturated carbocycles. The number of nitrogens with zero attached hydrogens (tertiary/aromatic N) is 3. The fraction of sp³-hybridized carbons (Fsp3) is 0.500. The number of nitrogens with two attached hydrogens (primary N) is 1. The number of aryl methyl sites for hydroxylation is 1. The van der Waals surface area contributed by atoms with Gasteiger partial charge in [0.05, 0.1) is 17.5 Å². The highest BCUT2D eigenvalue weighted by Crippen LogP contribution is 2.23. The summed E-state index contributed by atoms with van der Waals surface area (Å²) >= 11 is 5.99. The van der Waals surface area contributed by atoms with Crippen LogP contribution in [0.5, 0.6) is 0 Å². The second-order valence-electron chi connectivity index (χ2n) is 3.15. The molecule has 1 aromatic rings. The predicted octanol–water partition coefficient (Wildman–Crippen LogP) is 1.49. The molecular weight excluding hydrogens is 188 g/mol. The summed E-state index contributed by atoms with van der Waals surface area (Å²) in [5, 5.41) is 8.29. The van der Waals surface area contributed by atoms with Crippen molar-refractivity contribution in [3.63, 3.8) is 0 Å². The van der Waals surface area contributed by atoms with Crippen LogP contribution in [0.3, 0.4) is 0 Å². The van der Waals surface area contributed by atoms with E-state index in [4.69, 9.17) is 17.4 Å². The van der Waals surface area contributed by atoms with Gasteiger partial charge < -0.3 is 5.84 Å². The predicted molar refractivity (Wildman–Crippen MR) is 54.1 cm³/mol. The summed E-state index contributed by atoms with van der Waals surface area (Å²) in [7, 11) is 1.79. The molecule has 72 valence electrons. The smallest absolute Gasteiger partial charge is 0.135 e. The normalized spacial score (nSPS) is 11.8. The molecule has 0 aromatic carbocycles. The average molecular weight is 201 g/mol. The summed E-state index contributed by atoms with van der Waals surface area (Å²) in [5.74, 6) is 5.39. The standard InChI is InChI=1S/C8H13ClN4/c1-5(2)7-6(4-11-10)8(9)13(3)12-7/h4-5H,10H2,1-3H3/b11-4+. The fourth-order valence-electron chi connectivity index (χ4n) is 1.16. The lowest BCUT2D eigenvalue weighted by Crippen LogP contribution is -1.95. The van der Waals surface area contributed by atoms with E-state index in [0.717, 1.165) is 11.3 Å². The summed E-state index contributed by atoms with van der Waals surface area (Å²) in [5.41, 5.74) is 1.73. The maximum Gasteiger partial charge on any atom is 0.135 e. The molecule has 0 fully saturated rings. The van der Waals surface area contributed by atoms with Crippen molar-refractivity contribution in [3.05, 3.63) is 16.4 Å². The van der Waals surface area contributed by atoms with Crippen LogP contribution in [0.4, 0.5) is 0 Å². The van der Waals surface area contributed by atoms with E-state index in [0.29, 0.717) is 11.1 Å².